The van der Waals surface area contributed by atoms with E-state index in [0.717, 1.165) is 24.1 Å². The average molecular weight is 446 g/mol. The highest BCUT2D eigenvalue weighted by Gasteiger charge is 2.54. The fourth-order valence-electron chi connectivity index (χ4n) is 4.95. The molecule has 2 atom stereocenters. The fourth-order valence-corrected chi connectivity index (χ4v) is 4.95. The Kier molecular flexibility index (Phi) is 7.32. The summed E-state index contributed by atoms with van der Waals surface area (Å²) < 4.78 is 11.8. The number of allylic oxidation sites excluding steroid dienone is 2. The van der Waals surface area contributed by atoms with E-state index in [-0.39, 0.29) is 23.3 Å². The zero-order valence-electron chi connectivity index (χ0n) is 19.8. The number of rotatable bonds is 7. The monoisotopic (exact) mass is 445 g/mol. The van der Waals surface area contributed by atoms with E-state index >= 15 is 0 Å². The van der Waals surface area contributed by atoms with Gasteiger partial charge in [0.15, 0.2) is 16.9 Å². The van der Waals surface area contributed by atoms with Crippen LogP contribution in [-0.4, -0.2) is 37.2 Å². The second kappa shape index (κ2) is 9.99. The van der Waals surface area contributed by atoms with Gasteiger partial charge in [-0.1, -0.05) is 19.1 Å². The molecule has 2 N–H and O–H groups in total. The van der Waals surface area contributed by atoms with Gasteiger partial charge in [0.2, 0.25) is 0 Å². The lowest BCUT2D eigenvalue weighted by atomic mass is 9.58. The first-order valence-electron chi connectivity index (χ1n) is 11.5. The summed E-state index contributed by atoms with van der Waals surface area (Å²) in [4.78, 5) is 2.29. The molecule has 2 aliphatic rings. The Morgan fingerprint density at radius 3 is 2.48 bits per heavy atom. The van der Waals surface area contributed by atoms with E-state index in [1.54, 1.807) is 0 Å². The smallest absolute Gasteiger partial charge is 0.191 e. The molecule has 7 heteroatoms. The van der Waals surface area contributed by atoms with Crippen LogP contribution in [0.2, 0.25) is 0 Å². The Labute approximate surface area is 196 Å². The molecule has 1 aromatic carbocycles. The standard InChI is InChI=1S/C26H31N5O2/c1-5-10-31-11-9-19-20(13-27)25(30)26(15-28,16-29)24(21(19)14-31)18-7-8-22(33-17(3)4)23(12-18)32-6-2/h7-9,12,17,21,24H,5-6,10-11,14,30H2,1-4H3. The second-order valence-corrected chi connectivity index (χ2v) is 8.74. The zero-order chi connectivity index (χ0) is 24.2. The van der Waals surface area contributed by atoms with Crippen LogP contribution in [0.3, 0.4) is 0 Å². The summed E-state index contributed by atoms with van der Waals surface area (Å²) in [5, 5.41) is 30.4. The Morgan fingerprint density at radius 2 is 1.91 bits per heavy atom. The van der Waals surface area contributed by atoms with Crippen molar-refractivity contribution in [1.29, 1.82) is 15.8 Å². The van der Waals surface area contributed by atoms with Gasteiger partial charge in [0.25, 0.3) is 0 Å². The van der Waals surface area contributed by atoms with Crippen LogP contribution in [0.25, 0.3) is 0 Å². The second-order valence-electron chi connectivity index (χ2n) is 8.74. The molecule has 1 aliphatic carbocycles. The van der Waals surface area contributed by atoms with Gasteiger partial charge in [0, 0.05) is 24.9 Å². The van der Waals surface area contributed by atoms with Gasteiger partial charge < -0.3 is 15.2 Å². The Balaban J connectivity index is 2.24. The molecule has 0 radical (unpaired) electrons. The quantitative estimate of drug-likeness (QED) is 0.673. The average Bonchev–Trinajstić information content (AvgIpc) is 2.80. The van der Waals surface area contributed by atoms with Gasteiger partial charge >= 0.3 is 0 Å². The van der Waals surface area contributed by atoms with Crippen LogP contribution in [0, 0.1) is 45.3 Å². The molecule has 3 rings (SSSR count). The molecule has 1 heterocycles. The summed E-state index contributed by atoms with van der Waals surface area (Å²) in [5.74, 6) is 0.397. The van der Waals surface area contributed by atoms with Gasteiger partial charge in [-0.3, -0.25) is 4.90 Å². The third-order valence-corrected chi connectivity index (χ3v) is 6.27. The van der Waals surface area contributed by atoms with Crippen molar-refractivity contribution in [3.05, 3.63) is 46.7 Å². The summed E-state index contributed by atoms with van der Waals surface area (Å²) in [5.41, 5.74) is 6.65. The Hall–Kier alpha value is -3.47. The molecule has 172 valence electrons. The number of ether oxygens (including phenoxy) is 2. The first kappa shape index (κ1) is 24.2. The van der Waals surface area contributed by atoms with Crippen LogP contribution in [-0.2, 0) is 0 Å². The lowest BCUT2D eigenvalue weighted by Crippen LogP contribution is -2.48. The first-order valence-corrected chi connectivity index (χ1v) is 11.5. The molecular weight excluding hydrogens is 414 g/mol. The van der Waals surface area contributed by atoms with Crippen molar-refractivity contribution in [2.75, 3.05) is 26.2 Å². The maximum Gasteiger partial charge on any atom is 0.191 e. The van der Waals surface area contributed by atoms with Crippen molar-refractivity contribution >= 4 is 0 Å². The lowest BCUT2D eigenvalue weighted by molar-refractivity contribution is 0.206. The molecule has 33 heavy (non-hydrogen) atoms. The van der Waals surface area contributed by atoms with E-state index in [2.05, 4.69) is 30.0 Å². The number of fused-ring (bicyclic) bond motifs is 1. The summed E-state index contributed by atoms with van der Waals surface area (Å²) in [7, 11) is 0. The third kappa shape index (κ3) is 4.28. The van der Waals surface area contributed by atoms with E-state index in [1.165, 1.54) is 0 Å². The number of nitrogens with two attached hydrogens (primary N) is 1. The highest BCUT2D eigenvalue weighted by molar-refractivity contribution is 5.60. The van der Waals surface area contributed by atoms with Gasteiger partial charge in [0.1, 0.15) is 6.07 Å². The van der Waals surface area contributed by atoms with Crippen LogP contribution < -0.4 is 15.2 Å². The summed E-state index contributed by atoms with van der Waals surface area (Å²) >= 11 is 0. The van der Waals surface area contributed by atoms with Crippen molar-refractivity contribution < 1.29 is 9.47 Å². The van der Waals surface area contributed by atoms with E-state index < -0.39 is 11.3 Å². The van der Waals surface area contributed by atoms with Crippen LogP contribution in [0.15, 0.2) is 41.1 Å². The van der Waals surface area contributed by atoms with Crippen LogP contribution in [0.1, 0.15) is 45.6 Å². The minimum atomic E-state index is -1.66. The summed E-state index contributed by atoms with van der Waals surface area (Å²) in [6.07, 6.45) is 2.98. The molecule has 0 bridgehead atoms. The molecule has 0 spiro atoms. The number of hydrogen-bond donors (Lipinski definition) is 1. The maximum atomic E-state index is 10.3. The topological polar surface area (TPSA) is 119 Å². The highest BCUT2D eigenvalue weighted by atomic mass is 16.5. The van der Waals surface area contributed by atoms with Gasteiger partial charge in [-0.15, -0.1) is 0 Å². The van der Waals surface area contributed by atoms with Crippen LogP contribution in [0.5, 0.6) is 11.5 Å². The predicted molar refractivity (Wildman–Crippen MR) is 125 cm³/mol. The minimum Gasteiger partial charge on any atom is -0.490 e. The largest absolute Gasteiger partial charge is 0.490 e. The summed E-state index contributed by atoms with van der Waals surface area (Å²) in [6.45, 7) is 10.6. The van der Waals surface area contributed by atoms with Crippen molar-refractivity contribution in [1.82, 2.24) is 4.90 Å². The van der Waals surface area contributed by atoms with Crippen molar-refractivity contribution in [3.63, 3.8) is 0 Å². The lowest BCUT2D eigenvalue weighted by Gasteiger charge is -2.45. The third-order valence-electron chi connectivity index (χ3n) is 6.27. The van der Waals surface area contributed by atoms with Gasteiger partial charge in [-0.25, -0.2) is 0 Å². The molecule has 0 aromatic heterocycles. The molecule has 2 unspecified atom stereocenters. The van der Waals surface area contributed by atoms with Crippen molar-refractivity contribution in [3.8, 4) is 29.7 Å². The highest BCUT2D eigenvalue weighted by Crippen LogP contribution is 2.54. The SMILES string of the molecule is CCCN1CC=C2C(C#N)=C(N)C(C#N)(C#N)C(c3ccc(OC(C)C)c(OCC)c3)C2C1. The Bertz CT molecular complexity index is 1070. The Morgan fingerprint density at radius 1 is 1.18 bits per heavy atom. The van der Waals surface area contributed by atoms with E-state index in [0.29, 0.717) is 31.2 Å². The first-order chi connectivity index (χ1) is 15.9. The molecule has 1 aromatic rings. The molecule has 0 fully saturated rings. The number of benzene rings is 1. The maximum absolute atomic E-state index is 10.3. The van der Waals surface area contributed by atoms with Gasteiger partial charge in [-0.05, 0) is 57.0 Å². The number of nitriles is 3. The molecule has 0 saturated heterocycles. The molecule has 0 saturated carbocycles. The number of hydrogen-bond acceptors (Lipinski definition) is 7. The van der Waals surface area contributed by atoms with E-state index in [9.17, 15) is 15.8 Å². The minimum absolute atomic E-state index is 0.0331. The molecule has 0 amide bonds. The van der Waals surface area contributed by atoms with Gasteiger partial charge in [-0.2, -0.15) is 15.8 Å². The molecule has 1 aliphatic heterocycles. The van der Waals surface area contributed by atoms with E-state index in [4.69, 9.17) is 15.2 Å². The summed E-state index contributed by atoms with van der Waals surface area (Å²) in [6, 6.07) is 12.1. The van der Waals surface area contributed by atoms with Gasteiger partial charge in [0.05, 0.1) is 36.1 Å². The predicted octanol–water partition coefficient (Wildman–Crippen LogP) is 4.01. The van der Waals surface area contributed by atoms with E-state index in [1.807, 2.05) is 45.0 Å². The molecule has 7 nitrogen and oxygen atoms in total. The van der Waals surface area contributed by atoms with Crippen LogP contribution >= 0.6 is 0 Å². The normalized spacial score (nSPS) is 21.9. The van der Waals surface area contributed by atoms with Crippen molar-refractivity contribution in [2.24, 2.45) is 17.1 Å². The van der Waals surface area contributed by atoms with Crippen LogP contribution in [0.4, 0.5) is 0 Å². The molecular formula is C26H31N5O2. The number of nitrogens with zero attached hydrogens (tertiary/aromatic N) is 4. The zero-order valence-corrected chi connectivity index (χ0v) is 19.8. The fraction of sp³-hybridized carbons (Fsp3) is 0.500. The van der Waals surface area contributed by atoms with Crippen molar-refractivity contribution in [2.45, 2.75) is 46.1 Å².